The molecule has 1 aromatic carbocycles. The van der Waals surface area contributed by atoms with Gasteiger partial charge >= 0.3 is 5.97 Å². The molecule has 3 fully saturated rings. The van der Waals surface area contributed by atoms with Crippen molar-refractivity contribution >= 4 is 11.9 Å². The molecule has 25 heavy (non-hydrogen) atoms. The molecule has 3 aliphatic rings. The molecule has 0 radical (unpaired) electrons. The monoisotopic (exact) mass is 345 g/mol. The van der Waals surface area contributed by atoms with E-state index in [4.69, 9.17) is 0 Å². The zero-order chi connectivity index (χ0) is 17.7. The Hall–Kier alpha value is -1.91. The fourth-order valence-electron chi connectivity index (χ4n) is 5.08. The van der Waals surface area contributed by atoms with Crippen molar-refractivity contribution in [1.82, 2.24) is 4.90 Å². The minimum absolute atomic E-state index is 0.0681. The Morgan fingerprint density at radius 3 is 2.16 bits per heavy atom. The molecule has 134 valence electrons. The Kier molecular flexibility index (Phi) is 3.85. The zero-order valence-corrected chi connectivity index (χ0v) is 14.3. The summed E-state index contributed by atoms with van der Waals surface area (Å²) >= 11 is 0. The first kappa shape index (κ1) is 16.6. The zero-order valence-electron chi connectivity index (χ0n) is 14.3. The second-order valence-electron chi connectivity index (χ2n) is 8.05. The van der Waals surface area contributed by atoms with Crippen molar-refractivity contribution in [3.63, 3.8) is 0 Å². The number of amides is 1. The summed E-state index contributed by atoms with van der Waals surface area (Å²) in [6, 6.07) is 6.39. The van der Waals surface area contributed by atoms with Gasteiger partial charge in [-0.05, 0) is 55.2 Å². The number of hydrogen-bond donors (Lipinski definition) is 1. The quantitative estimate of drug-likeness (QED) is 0.914. The van der Waals surface area contributed by atoms with Gasteiger partial charge in [0.1, 0.15) is 5.82 Å². The van der Waals surface area contributed by atoms with Crippen LogP contribution in [0.25, 0.3) is 0 Å². The average molecular weight is 345 g/mol. The molecular formula is C20H24FNO3. The van der Waals surface area contributed by atoms with Gasteiger partial charge in [0.2, 0.25) is 5.91 Å². The van der Waals surface area contributed by atoms with Gasteiger partial charge in [0, 0.05) is 13.1 Å². The van der Waals surface area contributed by atoms with E-state index in [1.54, 1.807) is 12.1 Å². The largest absolute Gasteiger partial charge is 0.481 e. The second-order valence-corrected chi connectivity index (χ2v) is 8.05. The highest BCUT2D eigenvalue weighted by Crippen LogP contribution is 2.59. The number of carbonyl (C=O) groups excluding carboxylic acids is 1. The first-order valence-corrected chi connectivity index (χ1v) is 9.25. The minimum atomic E-state index is -0.696. The maximum absolute atomic E-state index is 13.4. The lowest BCUT2D eigenvalue weighted by atomic mass is 9.76. The summed E-state index contributed by atoms with van der Waals surface area (Å²) < 4.78 is 13.3. The lowest BCUT2D eigenvalue weighted by molar-refractivity contribution is -0.140. The van der Waals surface area contributed by atoms with E-state index in [0.717, 1.165) is 50.5 Å². The number of rotatable bonds is 3. The molecule has 2 saturated carbocycles. The summed E-state index contributed by atoms with van der Waals surface area (Å²) in [4.78, 5) is 26.5. The highest BCUT2D eigenvalue weighted by Gasteiger charge is 2.59. The van der Waals surface area contributed by atoms with Gasteiger partial charge in [0.15, 0.2) is 0 Å². The molecule has 0 aromatic heterocycles. The molecule has 1 unspecified atom stereocenters. The van der Waals surface area contributed by atoms with Crippen molar-refractivity contribution in [2.24, 2.45) is 11.3 Å². The van der Waals surface area contributed by atoms with E-state index in [1.807, 2.05) is 4.90 Å². The SMILES string of the molecule is O=C(O)C1CC12CCN(C(=O)C1(c3ccc(F)cc3)CCCC1)CC2. The highest BCUT2D eigenvalue weighted by atomic mass is 19.1. The van der Waals surface area contributed by atoms with Crippen molar-refractivity contribution in [2.75, 3.05) is 13.1 Å². The van der Waals surface area contributed by atoms with Crippen LogP contribution in [-0.4, -0.2) is 35.0 Å². The number of halogens is 1. The van der Waals surface area contributed by atoms with E-state index in [2.05, 4.69) is 0 Å². The molecule has 2 aliphatic carbocycles. The van der Waals surface area contributed by atoms with Crippen molar-refractivity contribution < 1.29 is 19.1 Å². The summed E-state index contributed by atoms with van der Waals surface area (Å²) in [6.45, 7) is 1.29. The maximum Gasteiger partial charge on any atom is 0.307 e. The van der Waals surface area contributed by atoms with Crippen LogP contribution in [0.3, 0.4) is 0 Å². The third-order valence-corrected chi connectivity index (χ3v) is 6.80. The molecule has 4 rings (SSSR count). The molecule has 1 heterocycles. The summed E-state index contributed by atoms with van der Waals surface area (Å²) in [5.41, 5.74) is 0.335. The molecule has 5 heteroatoms. The number of likely N-dealkylation sites (tertiary alicyclic amines) is 1. The van der Waals surface area contributed by atoms with Crippen molar-refractivity contribution in [3.8, 4) is 0 Å². The van der Waals surface area contributed by atoms with E-state index in [1.165, 1.54) is 12.1 Å². The van der Waals surface area contributed by atoms with Crippen LogP contribution in [0.2, 0.25) is 0 Å². The number of carbonyl (C=O) groups is 2. The Labute approximate surface area is 147 Å². The lowest BCUT2D eigenvalue weighted by Crippen LogP contribution is -2.49. The number of nitrogens with zero attached hydrogens (tertiary/aromatic N) is 1. The molecule has 1 atom stereocenters. The number of hydrogen-bond acceptors (Lipinski definition) is 2. The van der Waals surface area contributed by atoms with Crippen LogP contribution in [0.5, 0.6) is 0 Å². The summed E-state index contributed by atoms with van der Waals surface area (Å²) in [7, 11) is 0. The van der Waals surface area contributed by atoms with E-state index < -0.39 is 11.4 Å². The van der Waals surface area contributed by atoms with Gasteiger partial charge < -0.3 is 10.0 Å². The van der Waals surface area contributed by atoms with E-state index in [9.17, 15) is 19.1 Å². The van der Waals surface area contributed by atoms with Gasteiger partial charge in [-0.2, -0.15) is 0 Å². The number of aliphatic carboxylic acids is 1. The molecule has 1 aromatic rings. The molecule has 1 N–H and O–H groups in total. The van der Waals surface area contributed by atoms with Crippen molar-refractivity contribution in [1.29, 1.82) is 0 Å². The van der Waals surface area contributed by atoms with Crippen molar-refractivity contribution in [3.05, 3.63) is 35.6 Å². The molecule has 0 bridgehead atoms. The average Bonchev–Trinajstić information content (AvgIpc) is 3.09. The first-order valence-electron chi connectivity index (χ1n) is 9.25. The fraction of sp³-hybridized carbons (Fsp3) is 0.600. The molecule has 1 spiro atoms. The predicted molar refractivity (Wildman–Crippen MR) is 90.5 cm³/mol. The number of carboxylic acids is 1. The topological polar surface area (TPSA) is 57.6 Å². The predicted octanol–water partition coefficient (Wildman–Crippen LogP) is 3.35. The van der Waals surface area contributed by atoms with Gasteiger partial charge in [-0.15, -0.1) is 0 Å². The third kappa shape index (κ3) is 2.64. The van der Waals surface area contributed by atoms with Gasteiger partial charge in [-0.25, -0.2) is 4.39 Å². The third-order valence-electron chi connectivity index (χ3n) is 6.80. The molecular weight excluding hydrogens is 321 g/mol. The van der Waals surface area contributed by atoms with Gasteiger partial charge in [0.05, 0.1) is 11.3 Å². The van der Waals surface area contributed by atoms with Gasteiger partial charge in [0.25, 0.3) is 0 Å². The first-order chi connectivity index (χ1) is 12.0. The highest BCUT2D eigenvalue weighted by molar-refractivity contribution is 5.89. The van der Waals surface area contributed by atoms with E-state index >= 15 is 0 Å². The Balaban J connectivity index is 1.51. The molecule has 1 amide bonds. The normalized spacial score (nSPS) is 26.6. The Bertz CT molecular complexity index is 685. The number of benzene rings is 1. The minimum Gasteiger partial charge on any atom is -0.481 e. The molecule has 1 aliphatic heterocycles. The Morgan fingerprint density at radius 1 is 1.04 bits per heavy atom. The summed E-state index contributed by atoms with van der Waals surface area (Å²) in [5.74, 6) is -1.04. The van der Waals surface area contributed by atoms with Crippen LogP contribution >= 0.6 is 0 Å². The molecule has 4 nitrogen and oxygen atoms in total. The lowest BCUT2D eigenvalue weighted by Gasteiger charge is -2.39. The smallest absolute Gasteiger partial charge is 0.307 e. The summed E-state index contributed by atoms with van der Waals surface area (Å²) in [5, 5.41) is 9.22. The van der Waals surface area contributed by atoms with Crippen LogP contribution < -0.4 is 0 Å². The summed E-state index contributed by atoms with van der Waals surface area (Å²) in [6.07, 6.45) is 6.00. The van der Waals surface area contributed by atoms with Crippen LogP contribution in [-0.2, 0) is 15.0 Å². The van der Waals surface area contributed by atoms with Crippen LogP contribution in [0, 0.1) is 17.2 Å². The number of carboxylic acid groups (broad SMARTS) is 1. The van der Waals surface area contributed by atoms with Crippen LogP contribution in [0.4, 0.5) is 4.39 Å². The van der Waals surface area contributed by atoms with E-state index in [0.29, 0.717) is 13.1 Å². The van der Waals surface area contributed by atoms with Crippen LogP contribution in [0.15, 0.2) is 24.3 Å². The van der Waals surface area contributed by atoms with Gasteiger partial charge in [-0.1, -0.05) is 25.0 Å². The molecule has 1 saturated heterocycles. The fourth-order valence-corrected chi connectivity index (χ4v) is 5.08. The van der Waals surface area contributed by atoms with Crippen LogP contribution in [0.1, 0.15) is 50.5 Å². The Morgan fingerprint density at radius 2 is 1.64 bits per heavy atom. The van der Waals surface area contributed by atoms with Crippen molar-refractivity contribution in [2.45, 2.75) is 50.4 Å². The number of piperidine rings is 1. The van der Waals surface area contributed by atoms with E-state index in [-0.39, 0.29) is 23.1 Å². The second kappa shape index (κ2) is 5.82. The van der Waals surface area contributed by atoms with Gasteiger partial charge in [-0.3, -0.25) is 9.59 Å². The maximum atomic E-state index is 13.4. The standard InChI is InChI=1S/C20H24FNO3/c21-15-5-3-14(4-6-15)20(7-1-2-8-20)18(25)22-11-9-19(10-12-22)13-16(19)17(23)24/h3-6,16H,1-2,7-13H2,(H,23,24).